The molecule has 2 aliphatic rings. The first-order valence-corrected chi connectivity index (χ1v) is 6.83. The molecule has 2 rings (SSSR count). The summed E-state index contributed by atoms with van der Waals surface area (Å²) in [5, 5.41) is 7.08. The molecule has 0 heterocycles. The van der Waals surface area contributed by atoms with Gasteiger partial charge in [0.2, 0.25) is 0 Å². The molecular formula is C13H25N3. The van der Waals surface area contributed by atoms with Crippen LogP contribution in [0.15, 0.2) is 4.99 Å². The molecule has 2 unspecified atom stereocenters. The molecule has 0 aliphatic heterocycles. The van der Waals surface area contributed by atoms with Crippen LogP contribution in [0, 0.1) is 5.92 Å². The molecule has 16 heavy (non-hydrogen) atoms. The predicted molar refractivity (Wildman–Crippen MR) is 68.7 cm³/mol. The monoisotopic (exact) mass is 223 g/mol. The summed E-state index contributed by atoms with van der Waals surface area (Å²) in [7, 11) is 1.88. The third-order valence-corrected chi connectivity index (χ3v) is 3.82. The van der Waals surface area contributed by atoms with Crippen LogP contribution in [0.25, 0.3) is 0 Å². The molecule has 2 fully saturated rings. The van der Waals surface area contributed by atoms with Gasteiger partial charge in [0.25, 0.3) is 0 Å². The molecule has 0 aromatic heterocycles. The fourth-order valence-corrected chi connectivity index (χ4v) is 2.72. The summed E-state index contributed by atoms with van der Waals surface area (Å²) in [4.78, 5) is 4.32. The zero-order chi connectivity index (χ0) is 11.4. The van der Waals surface area contributed by atoms with Crippen molar-refractivity contribution in [3.63, 3.8) is 0 Å². The Morgan fingerprint density at radius 1 is 1.25 bits per heavy atom. The van der Waals surface area contributed by atoms with E-state index in [1.165, 1.54) is 44.9 Å². The van der Waals surface area contributed by atoms with Gasteiger partial charge in [-0.2, -0.15) is 0 Å². The van der Waals surface area contributed by atoms with Gasteiger partial charge in [-0.15, -0.1) is 0 Å². The summed E-state index contributed by atoms with van der Waals surface area (Å²) in [6.07, 6.45) is 9.36. The Labute approximate surface area is 99.1 Å². The molecule has 0 radical (unpaired) electrons. The smallest absolute Gasteiger partial charge is 0.191 e. The van der Waals surface area contributed by atoms with Crippen molar-refractivity contribution in [3.05, 3.63) is 0 Å². The zero-order valence-electron chi connectivity index (χ0n) is 10.6. The lowest BCUT2D eigenvalue weighted by atomic mass is 10.2. The fraction of sp³-hybridized carbons (Fsp3) is 0.923. The Morgan fingerprint density at radius 2 is 2.00 bits per heavy atom. The quantitative estimate of drug-likeness (QED) is 0.566. The largest absolute Gasteiger partial charge is 0.354 e. The van der Waals surface area contributed by atoms with E-state index < -0.39 is 0 Å². The van der Waals surface area contributed by atoms with E-state index in [2.05, 4.69) is 22.5 Å². The summed E-state index contributed by atoms with van der Waals surface area (Å²) in [5.74, 6) is 1.92. The van der Waals surface area contributed by atoms with Crippen LogP contribution in [-0.2, 0) is 0 Å². The molecule has 0 aromatic carbocycles. The highest BCUT2D eigenvalue weighted by Crippen LogP contribution is 2.34. The highest BCUT2D eigenvalue weighted by Gasteiger charge is 2.36. The normalized spacial score (nSPS) is 30.5. The van der Waals surface area contributed by atoms with Crippen LogP contribution in [0.4, 0.5) is 0 Å². The Morgan fingerprint density at radius 3 is 2.62 bits per heavy atom. The van der Waals surface area contributed by atoms with Crippen LogP contribution >= 0.6 is 0 Å². The number of aliphatic imine (C=N–C) groups is 1. The zero-order valence-corrected chi connectivity index (χ0v) is 10.6. The maximum absolute atomic E-state index is 4.32. The molecule has 2 aliphatic carbocycles. The molecule has 0 spiro atoms. The van der Waals surface area contributed by atoms with Gasteiger partial charge in [-0.25, -0.2) is 0 Å². The highest BCUT2D eigenvalue weighted by atomic mass is 15.2. The number of hydrogen-bond donors (Lipinski definition) is 2. The number of guanidine groups is 1. The molecule has 2 saturated carbocycles. The van der Waals surface area contributed by atoms with Crippen LogP contribution in [0.3, 0.4) is 0 Å². The van der Waals surface area contributed by atoms with Gasteiger partial charge in [-0.05, 0) is 31.6 Å². The Bertz CT molecular complexity index is 244. The van der Waals surface area contributed by atoms with Crippen molar-refractivity contribution in [2.45, 2.75) is 64.0 Å². The van der Waals surface area contributed by atoms with Crippen LogP contribution in [0.2, 0.25) is 0 Å². The van der Waals surface area contributed by atoms with E-state index in [1.54, 1.807) is 0 Å². The third kappa shape index (κ3) is 3.13. The lowest BCUT2D eigenvalue weighted by Gasteiger charge is -2.16. The van der Waals surface area contributed by atoms with Gasteiger partial charge in [0, 0.05) is 19.1 Å². The minimum atomic E-state index is 0.662. The van der Waals surface area contributed by atoms with E-state index in [1.807, 2.05) is 7.05 Å². The average Bonchev–Trinajstić information content (AvgIpc) is 2.79. The number of nitrogens with one attached hydrogen (secondary N) is 2. The molecular weight excluding hydrogens is 198 g/mol. The van der Waals surface area contributed by atoms with Crippen molar-refractivity contribution in [3.8, 4) is 0 Å². The van der Waals surface area contributed by atoms with Crippen molar-refractivity contribution >= 4 is 5.96 Å². The maximum atomic E-state index is 4.32. The SMILES string of the molecule is CCCC1CC1NC(=NC)NC1CCCC1. The van der Waals surface area contributed by atoms with Gasteiger partial charge in [-0.1, -0.05) is 26.2 Å². The standard InChI is InChI=1S/C13H25N3/c1-3-6-10-9-12(10)16-13(14-2)15-11-7-4-5-8-11/h10-12H,3-9H2,1-2H3,(H2,14,15,16). The second kappa shape index (κ2) is 5.55. The minimum absolute atomic E-state index is 0.662. The molecule has 0 amide bonds. The second-order valence-corrected chi connectivity index (χ2v) is 5.23. The fourth-order valence-electron chi connectivity index (χ4n) is 2.72. The van der Waals surface area contributed by atoms with Gasteiger partial charge < -0.3 is 10.6 Å². The number of nitrogens with zero attached hydrogens (tertiary/aromatic N) is 1. The average molecular weight is 223 g/mol. The summed E-state index contributed by atoms with van der Waals surface area (Å²) < 4.78 is 0. The van der Waals surface area contributed by atoms with Crippen molar-refractivity contribution in [2.24, 2.45) is 10.9 Å². The predicted octanol–water partition coefficient (Wildman–Crippen LogP) is 2.28. The van der Waals surface area contributed by atoms with E-state index in [0.717, 1.165) is 11.9 Å². The van der Waals surface area contributed by atoms with Gasteiger partial charge in [0.1, 0.15) is 0 Å². The van der Waals surface area contributed by atoms with Crippen molar-refractivity contribution in [1.82, 2.24) is 10.6 Å². The highest BCUT2D eigenvalue weighted by molar-refractivity contribution is 5.80. The maximum Gasteiger partial charge on any atom is 0.191 e. The summed E-state index contributed by atoms with van der Waals surface area (Å²) in [6.45, 7) is 2.26. The first-order valence-electron chi connectivity index (χ1n) is 6.83. The summed E-state index contributed by atoms with van der Waals surface area (Å²) in [6, 6.07) is 1.35. The van der Waals surface area contributed by atoms with Crippen molar-refractivity contribution < 1.29 is 0 Å². The number of hydrogen-bond acceptors (Lipinski definition) is 1. The molecule has 2 N–H and O–H groups in total. The molecule has 0 saturated heterocycles. The van der Waals surface area contributed by atoms with E-state index in [0.29, 0.717) is 12.1 Å². The number of rotatable bonds is 4. The third-order valence-electron chi connectivity index (χ3n) is 3.82. The van der Waals surface area contributed by atoms with Crippen LogP contribution in [0.1, 0.15) is 51.9 Å². The van der Waals surface area contributed by atoms with Crippen LogP contribution in [0.5, 0.6) is 0 Å². The van der Waals surface area contributed by atoms with Crippen LogP contribution in [-0.4, -0.2) is 25.1 Å². The first-order chi connectivity index (χ1) is 7.83. The van der Waals surface area contributed by atoms with Gasteiger partial charge in [-0.3, -0.25) is 4.99 Å². The van der Waals surface area contributed by atoms with Gasteiger partial charge >= 0.3 is 0 Å². The van der Waals surface area contributed by atoms with E-state index in [9.17, 15) is 0 Å². The topological polar surface area (TPSA) is 36.4 Å². The molecule has 92 valence electrons. The molecule has 3 heteroatoms. The molecule has 0 aromatic rings. The lowest BCUT2D eigenvalue weighted by Crippen LogP contribution is -2.43. The van der Waals surface area contributed by atoms with E-state index >= 15 is 0 Å². The van der Waals surface area contributed by atoms with Crippen molar-refractivity contribution in [2.75, 3.05) is 7.05 Å². The Balaban J connectivity index is 1.70. The Kier molecular flexibility index (Phi) is 4.08. The second-order valence-electron chi connectivity index (χ2n) is 5.23. The molecule has 3 nitrogen and oxygen atoms in total. The summed E-state index contributed by atoms with van der Waals surface area (Å²) in [5.41, 5.74) is 0. The summed E-state index contributed by atoms with van der Waals surface area (Å²) >= 11 is 0. The lowest BCUT2D eigenvalue weighted by molar-refractivity contribution is 0.602. The van der Waals surface area contributed by atoms with Gasteiger partial charge in [0.15, 0.2) is 5.96 Å². The van der Waals surface area contributed by atoms with Gasteiger partial charge in [0.05, 0.1) is 0 Å². The van der Waals surface area contributed by atoms with E-state index in [4.69, 9.17) is 0 Å². The Hall–Kier alpha value is -0.730. The minimum Gasteiger partial charge on any atom is -0.354 e. The first kappa shape index (κ1) is 11.7. The van der Waals surface area contributed by atoms with E-state index in [-0.39, 0.29) is 0 Å². The van der Waals surface area contributed by atoms with Crippen LogP contribution < -0.4 is 10.6 Å². The van der Waals surface area contributed by atoms with Crippen molar-refractivity contribution in [1.29, 1.82) is 0 Å². The molecule has 0 bridgehead atoms. The molecule has 2 atom stereocenters.